The average Bonchev–Trinajstić information content (AvgIpc) is 2.98. The Bertz CT molecular complexity index is 397. The molecule has 0 saturated carbocycles. The molecule has 2 fully saturated rings. The number of hydrogen-bond donors (Lipinski definition) is 1. The summed E-state index contributed by atoms with van der Waals surface area (Å²) in [7, 11) is 0. The lowest BCUT2D eigenvalue weighted by Gasteiger charge is -2.30. The van der Waals surface area contributed by atoms with E-state index in [0.717, 1.165) is 57.3 Å². The molecule has 1 N–H and O–H groups in total. The van der Waals surface area contributed by atoms with Crippen LogP contribution in [0.15, 0.2) is 4.52 Å². The number of nitrogens with one attached hydrogen (secondary N) is 1. The molecule has 0 amide bonds. The van der Waals surface area contributed by atoms with Gasteiger partial charge in [-0.1, -0.05) is 5.16 Å². The predicted octanol–water partition coefficient (Wildman–Crippen LogP) is 0.930. The van der Waals surface area contributed by atoms with E-state index in [0.29, 0.717) is 6.61 Å². The minimum atomic E-state index is 0.226. The van der Waals surface area contributed by atoms with E-state index in [2.05, 4.69) is 27.3 Å². The molecule has 2 unspecified atom stereocenters. The van der Waals surface area contributed by atoms with Crippen molar-refractivity contribution in [1.29, 1.82) is 0 Å². The lowest BCUT2D eigenvalue weighted by atomic mass is 10.0. The summed E-state index contributed by atoms with van der Waals surface area (Å²) >= 11 is 0. The number of nitrogens with zero attached hydrogens (tertiary/aromatic N) is 3. The zero-order chi connectivity index (χ0) is 13.1. The summed E-state index contributed by atoms with van der Waals surface area (Å²) in [5.41, 5.74) is 0. The van der Waals surface area contributed by atoms with Crippen molar-refractivity contribution in [3.05, 3.63) is 11.7 Å². The van der Waals surface area contributed by atoms with E-state index in [4.69, 9.17) is 9.26 Å². The normalized spacial score (nSPS) is 27.3. The highest BCUT2D eigenvalue weighted by molar-refractivity contribution is 4.99. The Balaban J connectivity index is 1.65. The van der Waals surface area contributed by atoms with Crippen molar-refractivity contribution < 1.29 is 9.26 Å². The van der Waals surface area contributed by atoms with Crippen LogP contribution in [0.1, 0.15) is 43.4 Å². The van der Waals surface area contributed by atoms with Crippen molar-refractivity contribution in [2.45, 2.75) is 31.7 Å². The maximum atomic E-state index is 5.48. The van der Waals surface area contributed by atoms with Gasteiger partial charge < -0.3 is 14.6 Å². The SMILES string of the molecule is CC(c1noc(C2CCCOC2)n1)N1CCNCC1. The number of piperazine rings is 1. The second-order valence-electron chi connectivity index (χ2n) is 5.37. The van der Waals surface area contributed by atoms with Gasteiger partial charge in [-0.25, -0.2) is 0 Å². The molecule has 2 aliphatic heterocycles. The molecule has 0 aliphatic carbocycles. The quantitative estimate of drug-likeness (QED) is 0.878. The van der Waals surface area contributed by atoms with Crippen molar-refractivity contribution in [3.63, 3.8) is 0 Å². The molecule has 106 valence electrons. The predicted molar refractivity (Wildman–Crippen MR) is 69.9 cm³/mol. The molecule has 2 atom stereocenters. The fourth-order valence-electron chi connectivity index (χ4n) is 2.75. The van der Waals surface area contributed by atoms with Gasteiger partial charge >= 0.3 is 0 Å². The standard InChI is InChI=1S/C13H22N4O2/c1-10(17-6-4-14-5-7-17)12-15-13(19-16-12)11-3-2-8-18-9-11/h10-11,14H,2-9H2,1H3. The van der Waals surface area contributed by atoms with E-state index in [1.54, 1.807) is 0 Å². The second-order valence-corrected chi connectivity index (χ2v) is 5.37. The monoisotopic (exact) mass is 266 g/mol. The highest BCUT2D eigenvalue weighted by Gasteiger charge is 2.26. The van der Waals surface area contributed by atoms with Crippen LogP contribution in [0.5, 0.6) is 0 Å². The van der Waals surface area contributed by atoms with Gasteiger partial charge in [0.25, 0.3) is 0 Å². The highest BCUT2D eigenvalue weighted by Crippen LogP contribution is 2.26. The average molecular weight is 266 g/mol. The fraction of sp³-hybridized carbons (Fsp3) is 0.846. The summed E-state index contributed by atoms with van der Waals surface area (Å²) in [5, 5.41) is 7.52. The molecule has 0 aromatic carbocycles. The van der Waals surface area contributed by atoms with Gasteiger partial charge in [0, 0.05) is 32.8 Å². The number of aromatic nitrogens is 2. The third-order valence-electron chi connectivity index (χ3n) is 4.04. The zero-order valence-electron chi connectivity index (χ0n) is 11.5. The van der Waals surface area contributed by atoms with Crippen LogP contribution in [0.3, 0.4) is 0 Å². The van der Waals surface area contributed by atoms with Crippen LogP contribution >= 0.6 is 0 Å². The molecule has 6 heteroatoms. The van der Waals surface area contributed by atoms with E-state index in [-0.39, 0.29) is 12.0 Å². The smallest absolute Gasteiger partial charge is 0.232 e. The van der Waals surface area contributed by atoms with E-state index in [1.807, 2.05) is 0 Å². The third kappa shape index (κ3) is 2.96. The van der Waals surface area contributed by atoms with Gasteiger partial charge in [0.05, 0.1) is 18.6 Å². The van der Waals surface area contributed by atoms with E-state index in [9.17, 15) is 0 Å². The molecular formula is C13H22N4O2. The Kier molecular flexibility index (Phi) is 4.10. The first kappa shape index (κ1) is 13.0. The van der Waals surface area contributed by atoms with Crippen LogP contribution in [0.25, 0.3) is 0 Å². The molecule has 6 nitrogen and oxygen atoms in total. The van der Waals surface area contributed by atoms with Gasteiger partial charge in [-0.05, 0) is 19.8 Å². The van der Waals surface area contributed by atoms with Gasteiger partial charge in [0.1, 0.15) is 0 Å². The van der Waals surface area contributed by atoms with Crippen LogP contribution in [-0.4, -0.2) is 54.4 Å². The van der Waals surface area contributed by atoms with Crippen LogP contribution in [0.2, 0.25) is 0 Å². The van der Waals surface area contributed by atoms with Crippen molar-refractivity contribution in [2.75, 3.05) is 39.4 Å². The molecule has 2 saturated heterocycles. The lowest BCUT2D eigenvalue weighted by Crippen LogP contribution is -2.44. The van der Waals surface area contributed by atoms with Crippen molar-refractivity contribution >= 4 is 0 Å². The third-order valence-corrected chi connectivity index (χ3v) is 4.04. The molecule has 0 radical (unpaired) electrons. The van der Waals surface area contributed by atoms with E-state index in [1.165, 1.54) is 0 Å². The second kappa shape index (κ2) is 5.98. The minimum absolute atomic E-state index is 0.226. The number of hydrogen-bond acceptors (Lipinski definition) is 6. The van der Waals surface area contributed by atoms with E-state index >= 15 is 0 Å². The van der Waals surface area contributed by atoms with Crippen LogP contribution in [-0.2, 0) is 4.74 Å². The maximum absolute atomic E-state index is 5.48. The van der Waals surface area contributed by atoms with Gasteiger partial charge in [-0.2, -0.15) is 4.98 Å². The van der Waals surface area contributed by atoms with Gasteiger partial charge in [0.2, 0.25) is 5.89 Å². The Hall–Kier alpha value is -0.980. The van der Waals surface area contributed by atoms with E-state index < -0.39 is 0 Å². The van der Waals surface area contributed by atoms with Gasteiger partial charge in [-0.15, -0.1) is 0 Å². The van der Waals surface area contributed by atoms with Crippen molar-refractivity contribution in [2.24, 2.45) is 0 Å². The summed E-state index contributed by atoms with van der Waals surface area (Å²) in [6, 6.07) is 0.226. The first-order chi connectivity index (χ1) is 9.34. The molecule has 3 rings (SSSR count). The van der Waals surface area contributed by atoms with Crippen LogP contribution in [0.4, 0.5) is 0 Å². The minimum Gasteiger partial charge on any atom is -0.381 e. The van der Waals surface area contributed by atoms with Crippen molar-refractivity contribution in [3.8, 4) is 0 Å². The molecule has 19 heavy (non-hydrogen) atoms. The Morgan fingerprint density at radius 1 is 1.37 bits per heavy atom. The molecule has 3 heterocycles. The summed E-state index contributed by atoms with van der Waals surface area (Å²) in [6.07, 6.45) is 2.17. The molecular weight excluding hydrogens is 244 g/mol. The zero-order valence-corrected chi connectivity index (χ0v) is 11.5. The van der Waals surface area contributed by atoms with Gasteiger partial charge in [-0.3, -0.25) is 4.90 Å². The summed E-state index contributed by atoms with van der Waals surface area (Å²) < 4.78 is 10.9. The Labute approximate surface area is 113 Å². The lowest BCUT2D eigenvalue weighted by molar-refractivity contribution is 0.0705. The topological polar surface area (TPSA) is 63.4 Å². The number of rotatable bonds is 3. The molecule has 0 spiro atoms. The van der Waals surface area contributed by atoms with Crippen molar-refractivity contribution in [1.82, 2.24) is 20.4 Å². The maximum Gasteiger partial charge on any atom is 0.232 e. The molecule has 1 aromatic heterocycles. The fourth-order valence-corrected chi connectivity index (χ4v) is 2.75. The van der Waals surface area contributed by atoms with Crippen LogP contribution in [0, 0.1) is 0 Å². The first-order valence-corrected chi connectivity index (χ1v) is 7.20. The summed E-state index contributed by atoms with van der Waals surface area (Å²) in [6.45, 7) is 7.86. The molecule has 2 aliphatic rings. The van der Waals surface area contributed by atoms with Crippen LogP contribution < -0.4 is 5.32 Å². The summed E-state index contributed by atoms with van der Waals surface area (Å²) in [4.78, 5) is 6.98. The van der Waals surface area contributed by atoms with Gasteiger partial charge in [0.15, 0.2) is 5.82 Å². The first-order valence-electron chi connectivity index (χ1n) is 7.20. The molecule has 1 aromatic rings. The highest BCUT2D eigenvalue weighted by atomic mass is 16.5. The molecule has 0 bridgehead atoms. The largest absolute Gasteiger partial charge is 0.381 e. The summed E-state index contributed by atoms with van der Waals surface area (Å²) in [5.74, 6) is 1.84. The number of ether oxygens (including phenoxy) is 1. The Morgan fingerprint density at radius 2 is 2.21 bits per heavy atom. The Morgan fingerprint density at radius 3 is 2.95 bits per heavy atom.